The standard InChI is InChI=1S/C29H34N6O2/c36-27-19-35(15-11-26(27)34-14-10-21-6-1-2-7-22(21)18-34)29(37)25-17-28(31-20-30-25)32-23-8-5-9-24(16-23)33-12-3-4-13-33/h1-2,5-9,16-17,20,26-27,36H,3-4,10-15,18-19H2,(H,30,31,32). The lowest BCUT2D eigenvalue weighted by Gasteiger charge is -2.43. The number of carbonyl (C=O) groups is 1. The first-order valence-corrected chi connectivity index (χ1v) is 13.4. The summed E-state index contributed by atoms with van der Waals surface area (Å²) in [7, 11) is 0. The van der Waals surface area contributed by atoms with Gasteiger partial charge in [0.1, 0.15) is 17.8 Å². The second kappa shape index (κ2) is 10.5. The molecule has 2 saturated heterocycles. The molecule has 0 radical (unpaired) electrons. The number of fused-ring (bicyclic) bond motifs is 1. The van der Waals surface area contributed by atoms with Crippen molar-refractivity contribution in [3.8, 4) is 0 Å². The zero-order valence-corrected chi connectivity index (χ0v) is 21.1. The van der Waals surface area contributed by atoms with Gasteiger partial charge in [-0.2, -0.15) is 0 Å². The fraction of sp³-hybridized carbons (Fsp3) is 0.414. The third-order valence-corrected chi connectivity index (χ3v) is 7.94. The Hall–Kier alpha value is -3.49. The van der Waals surface area contributed by atoms with Crippen LogP contribution in [0.5, 0.6) is 0 Å². The molecule has 2 aromatic carbocycles. The number of carbonyl (C=O) groups excluding carboxylic acids is 1. The zero-order valence-electron chi connectivity index (χ0n) is 21.1. The van der Waals surface area contributed by atoms with Crippen molar-refractivity contribution < 1.29 is 9.90 Å². The summed E-state index contributed by atoms with van der Waals surface area (Å²) in [5.41, 5.74) is 5.21. The Balaban J connectivity index is 1.09. The number of rotatable bonds is 5. The molecule has 2 atom stereocenters. The molecule has 2 unspecified atom stereocenters. The van der Waals surface area contributed by atoms with Gasteiger partial charge in [0.15, 0.2) is 0 Å². The van der Waals surface area contributed by atoms with Crippen molar-refractivity contribution in [2.45, 2.75) is 44.4 Å². The van der Waals surface area contributed by atoms with Crippen LogP contribution in [0, 0.1) is 0 Å². The van der Waals surface area contributed by atoms with Crippen molar-refractivity contribution >= 4 is 23.1 Å². The van der Waals surface area contributed by atoms with Gasteiger partial charge < -0.3 is 20.2 Å². The number of aliphatic hydroxyl groups is 1. The van der Waals surface area contributed by atoms with Crippen molar-refractivity contribution in [3.05, 3.63) is 77.7 Å². The second-order valence-corrected chi connectivity index (χ2v) is 10.3. The highest BCUT2D eigenvalue weighted by molar-refractivity contribution is 5.93. The summed E-state index contributed by atoms with van der Waals surface area (Å²) >= 11 is 0. The Kier molecular flexibility index (Phi) is 6.76. The first kappa shape index (κ1) is 23.9. The number of piperidine rings is 1. The van der Waals surface area contributed by atoms with E-state index in [4.69, 9.17) is 0 Å². The van der Waals surface area contributed by atoms with Gasteiger partial charge in [0.05, 0.1) is 6.10 Å². The summed E-state index contributed by atoms with van der Waals surface area (Å²) in [6.45, 7) is 4.88. The summed E-state index contributed by atoms with van der Waals surface area (Å²) in [5.74, 6) is 0.414. The van der Waals surface area contributed by atoms with Crippen molar-refractivity contribution in [3.63, 3.8) is 0 Å². The van der Waals surface area contributed by atoms with Gasteiger partial charge in [0.25, 0.3) is 5.91 Å². The Bertz CT molecular complexity index is 1260. The number of aliphatic hydroxyl groups excluding tert-OH is 1. The van der Waals surface area contributed by atoms with Crippen LogP contribution >= 0.6 is 0 Å². The first-order chi connectivity index (χ1) is 18.1. The molecule has 0 saturated carbocycles. The van der Waals surface area contributed by atoms with E-state index < -0.39 is 6.10 Å². The molecule has 2 fully saturated rings. The molecule has 8 nitrogen and oxygen atoms in total. The average Bonchev–Trinajstić information content (AvgIpc) is 3.48. The minimum absolute atomic E-state index is 0.0583. The number of anilines is 3. The highest BCUT2D eigenvalue weighted by Crippen LogP contribution is 2.27. The van der Waals surface area contributed by atoms with Crippen LogP contribution in [0.4, 0.5) is 17.2 Å². The molecule has 8 heteroatoms. The number of aromatic nitrogens is 2. The number of hydrogen-bond donors (Lipinski definition) is 2. The number of benzene rings is 2. The molecule has 1 aromatic heterocycles. The predicted molar refractivity (Wildman–Crippen MR) is 144 cm³/mol. The van der Waals surface area contributed by atoms with Crippen LogP contribution in [-0.2, 0) is 13.0 Å². The van der Waals surface area contributed by atoms with E-state index in [1.807, 2.05) is 12.1 Å². The van der Waals surface area contributed by atoms with E-state index in [2.05, 4.69) is 61.5 Å². The Labute approximate surface area is 217 Å². The van der Waals surface area contributed by atoms with Crippen molar-refractivity contribution in [1.29, 1.82) is 0 Å². The highest BCUT2D eigenvalue weighted by atomic mass is 16.3. The number of nitrogens with one attached hydrogen (secondary N) is 1. The van der Waals surface area contributed by atoms with E-state index in [1.54, 1.807) is 11.0 Å². The lowest BCUT2D eigenvalue weighted by molar-refractivity contribution is -0.0139. The number of β-amino-alcohol motifs (C(OH)–C–C–N with tert-alkyl or cyclic N) is 1. The highest BCUT2D eigenvalue weighted by Gasteiger charge is 2.35. The first-order valence-electron chi connectivity index (χ1n) is 13.4. The lowest BCUT2D eigenvalue weighted by Crippen LogP contribution is -2.56. The number of hydrogen-bond acceptors (Lipinski definition) is 7. The summed E-state index contributed by atoms with van der Waals surface area (Å²) in [4.78, 5) is 28.4. The zero-order chi connectivity index (χ0) is 25.2. The van der Waals surface area contributed by atoms with Gasteiger partial charge >= 0.3 is 0 Å². The average molecular weight is 499 g/mol. The molecule has 37 heavy (non-hydrogen) atoms. The smallest absolute Gasteiger partial charge is 0.272 e. The molecular formula is C29H34N6O2. The van der Waals surface area contributed by atoms with Gasteiger partial charge in [0, 0.05) is 62.8 Å². The van der Waals surface area contributed by atoms with Crippen molar-refractivity contribution in [2.24, 2.45) is 0 Å². The molecule has 2 N–H and O–H groups in total. The molecule has 0 aliphatic carbocycles. The van der Waals surface area contributed by atoms with E-state index >= 15 is 0 Å². The van der Waals surface area contributed by atoms with Gasteiger partial charge in [0.2, 0.25) is 0 Å². The quantitative estimate of drug-likeness (QED) is 0.557. The normalized spacial score (nSPS) is 22.1. The van der Waals surface area contributed by atoms with Crippen LogP contribution in [0.2, 0.25) is 0 Å². The Morgan fingerprint density at radius 1 is 0.946 bits per heavy atom. The molecule has 192 valence electrons. The van der Waals surface area contributed by atoms with E-state index in [1.165, 1.54) is 36.0 Å². The number of likely N-dealkylation sites (tertiary alicyclic amines) is 1. The third kappa shape index (κ3) is 5.17. The van der Waals surface area contributed by atoms with Crippen LogP contribution in [0.25, 0.3) is 0 Å². The Morgan fingerprint density at radius 3 is 2.62 bits per heavy atom. The summed E-state index contributed by atoms with van der Waals surface area (Å²) < 4.78 is 0. The molecule has 4 heterocycles. The minimum atomic E-state index is -0.587. The summed E-state index contributed by atoms with van der Waals surface area (Å²) in [6, 6.07) is 18.6. The Morgan fingerprint density at radius 2 is 1.78 bits per heavy atom. The SMILES string of the molecule is O=C(c1cc(Nc2cccc(N3CCCC3)c2)ncn1)N1CCC(N2CCc3ccccc3C2)C(O)C1. The molecule has 0 bridgehead atoms. The van der Waals surface area contributed by atoms with Crippen LogP contribution in [-0.4, -0.2) is 75.7 Å². The van der Waals surface area contributed by atoms with Crippen LogP contribution < -0.4 is 10.2 Å². The van der Waals surface area contributed by atoms with Gasteiger partial charge in [-0.3, -0.25) is 9.69 Å². The molecular weight excluding hydrogens is 464 g/mol. The van der Waals surface area contributed by atoms with Gasteiger partial charge in [-0.15, -0.1) is 0 Å². The topological polar surface area (TPSA) is 84.8 Å². The third-order valence-electron chi connectivity index (χ3n) is 7.94. The molecule has 3 aliphatic rings. The number of nitrogens with zero attached hydrogens (tertiary/aromatic N) is 5. The van der Waals surface area contributed by atoms with Crippen molar-refractivity contribution in [2.75, 3.05) is 42.9 Å². The van der Waals surface area contributed by atoms with E-state index in [0.717, 1.165) is 44.7 Å². The molecule has 1 amide bonds. The van der Waals surface area contributed by atoms with Gasteiger partial charge in [-0.05, 0) is 55.0 Å². The number of amides is 1. The van der Waals surface area contributed by atoms with Crippen LogP contribution in [0.3, 0.4) is 0 Å². The largest absolute Gasteiger partial charge is 0.390 e. The fourth-order valence-electron chi connectivity index (χ4n) is 5.94. The monoisotopic (exact) mass is 498 g/mol. The molecule has 0 spiro atoms. The summed E-state index contributed by atoms with van der Waals surface area (Å²) in [5, 5.41) is 14.3. The van der Waals surface area contributed by atoms with Crippen LogP contribution in [0.1, 0.15) is 40.9 Å². The predicted octanol–water partition coefficient (Wildman–Crippen LogP) is 3.45. The fourth-order valence-corrected chi connectivity index (χ4v) is 5.94. The van der Waals surface area contributed by atoms with Gasteiger partial charge in [-0.25, -0.2) is 9.97 Å². The van der Waals surface area contributed by atoms with Crippen molar-refractivity contribution in [1.82, 2.24) is 19.8 Å². The second-order valence-electron chi connectivity index (χ2n) is 10.3. The molecule has 3 aliphatic heterocycles. The lowest BCUT2D eigenvalue weighted by atomic mass is 9.94. The molecule has 6 rings (SSSR count). The van der Waals surface area contributed by atoms with E-state index in [9.17, 15) is 9.90 Å². The molecule has 3 aromatic rings. The van der Waals surface area contributed by atoms with Gasteiger partial charge in [-0.1, -0.05) is 30.3 Å². The minimum Gasteiger partial charge on any atom is -0.390 e. The van der Waals surface area contributed by atoms with Crippen LogP contribution in [0.15, 0.2) is 60.9 Å². The van der Waals surface area contributed by atoms with E-state index in [0.29, 0.717) is 24.6 Å². The maximum Gasteiger partial charge on any atom is 0.272 e. The maximum atomic E-state index is 13.3. The summed E-state index contributed by atoms with van der Waals surface area (Å²) in [6.07, 6.45) is 5.04. The van der Waals surface area contributed by atoms with E-state index in [-0.39, 0.29) is 11.9 Å². The maximum absolute atomic E-state index is 13.3.